The number of aliphatic hydroxyl groups is 1. The fourth-order valence-corrected chi connectivity index (χ4v) is 5.27. The zero-order chi connectivity index (χ0) is 23.5. The maximum Gasteiger partial charge on any atom is 0.316 e. The molecule has 182 valence electrons. The van der Waals surface area contributed by atoms with E-state index in [0.717, 1.165) is 58.6 Å². The van der Waals surface area contributed by atoms with E-state index in [4.69, 9.17) is 14.2 Å². The molecule has 7 heteroatoms. The molecule has 5 rings (SSSR count). The molecule has 34 heavy (non-hydrogen) atoms. The Balaban J connectivity index is 0.00000274. The molecular formula is C27H32ClNO5. The zero-order valence-electron chi connectivity index (χ0n) is 20.3. The monoisotopic (exact) mass is 485 g/mol. The number of hydrogen-bond donors (Lipinski definition) is 1. The van der Waals surface area contributed by atoms with Gasteiger partial charge in [-0.1, -0.05) is 6.07 Å². The minimum absolute atomic E-state index is 0. The zero-order valence-corrected chi connectivity index (χ0v) is 21.1. The van der Waals surface area contributed by atoms with Crippen LogP contribution in [0.3, 0.4) is 0 Å². The molecule has 3 aromatic rings. The van der Waals surface area contributed by atoms with Crippen LogP contribution < -0.4 is 14.2 Å². The Morgan fingerprint density at radius 2 is 1.65 bits per heavy atom. The molecule has 0 saturated carbocycles. The molecular weight excluding hydrogens is 454 g/mol. The third-order valence-electron chi connectivity index (χ3n) is 7.00. The van der Waals surface area contributed by atoms with E-state index in [0.29, 0.717) is 17.2 Å². The molecule has 2 heterocycles. The van der Waals surface area contributed by atoms with Crippen molar-refractivity contribution in [1.82, 2.24) is 4.90 Å². The Labute approximate surface area is 206 Å². The van der Waals surface area contributed by atoms with Gasteiger partial charge in [0, 0.05) is 12.6 Å². The fraction of sp³-hybridized carbons (Fsp3) is 0.444. The van der Waals surface area contributed by atoms with Crippen molar-refractivity contribution in [1.29, 1.82) is 0 Å². The van der Waals surface area contributed by atoms with Gasteiger partial charge in [0.05, 0.1) is 25.7 Å². The molecule has 0 bridgehead atoms. The van der Waals surface area contributed by atoms with Crippen LogP contribution in [0.4, 0.5) is 0 Å². The van der Waals surface area contributed by atoms with Gasteiger partial charge in [-0.15, -0.1) is 12.4 Å². The molecule has 0 radical (unpaired) electrons. The van der Waals surface area contributed by atoms with E-state index in [1.165, 1.54) is 0 Å². The molecule has 1 N–H and O–H groups in total. The third-order valence-corrected chi connectivity index (χ3v) is 7.00. The van der Waals surface area contributed by atoms with Gasteiger partial charge < -0.3 is 19.3 Å². The van der Waals surface area contributed by atoms with Crippen LogP contribution in [-0.4, -0.2) is 42.8 Å². The number of esters is 1. The van der Waals surface area contributed by atoms with Crippen LogP contribution in [0.5, 0.6) is 17.2 Å². The van der Waals surface area contributed by atoms with Gasteiger partial charge in [-0.3, -0.25) is 9.69 Å². The van der Waals surface area contributed by atoms with E-state index in [2.05, 4.69) is 4.90 Å². The highest BCUT2D eigenvalue weighted by Crippen LogP contribution is 2.47. The first-order valence-corrected chi connectivity index (χ1v) is 11.5. The average Bonchev–Trinajstić information content (AvgIpc) is 3.26. The maximum absolute atomic E-state index is 12.5. The predicted molar refractivity (Wildman–Crippen MR) is 135 cm³/mol. The van der Waals surface area contributed by atoms with Gasteiger partial charge in [-0.25, -0.2) is 0 Å². The minimum Gasteiger partial charge on any atom is -0.493 e. The highest BCUT2D eigenvalue weighted by Gasteiger charge is 2.39. The summed E-state index contributed by atoms with van der Waals surface area (Å²) in [6.07, 6.45) is 1.52. The van der Waals surface area contributed by atoms with Crippen molar-refractivity contribution in [3.63, 3.8) is 0 Å². The first-order valence-electron chi connectivity index (χ1n) is 11.5. The van der Waals surface area contributed by atoms with Crippen LogP contribution in [0, 0.1) is 5.41 Å². The van der Waals surface area contributed by atoms with E-state index < -0.39 is 11.5 Å². The molecule has 0 amide bonds. The van der Waals surface area contributed by atoms with Crippen LogP contribution in [0.15, 0.2) is 30.3 Å². The first-order chi connectivity index (χ1) is 15.7. The number of aliphatic hydroxyl groups excluding tert-OH is 1. The summed E-state index contributed by atoms with van der Waals surface area (Å²) in [6, 6.07) is 9.83. The van der Waals surface area contributed by atoms with Crippen molar-refractivity contribution in [2.24, 2.45) is 5.41 Å². The van der Waals surface area contributed by atoms with Crippen LogP contribution in [0.1, 0.15) is 50.8 Å². The van der Waals surface area contributed by atoms with Gasteiger partial charge in [0.2, 0.25) is 0 Å². The lowest BCUT2D eigenvalue weighted by molar-refractivity contribution is -0.142. The lowest BCUT2D eigenvalue weighted by Crippen LogP contribution is -2.39. The Morgan fingerprint density at radius 3 is 2.29 bits per heavy atom. The first kappa shape index (κ1) is 24.6. The van der Waals surface area contributed by atoms with Gasteiger partial charge in [0.1, 0.15) is 5.75 Å². The van der Waals surface area contributed by atoms with Crippen LogP contribution in [-0.2, 0) is 11.3 Å². The molecule has 6 nitrogen and oxygen atoms in total. The Morgan fingerprint density at radius 1 is 1.00 bits per heavy atom. The smallest absolute Gasteiger partial charge is 0.316 e. The molecule has 0 aromatic heterocycles. The van der Waals surface area contributed by atoms with Crippen LogP contribution in [0.2, 0.25) is 0 Å². The summed E-state index contributed by atoms with van der Waals surface area (Å²) in [6.45, 7) is 7.30. The second-order valence-corrected chi connectivity index (χ2v) is 10.1. The van der Waals surface area contributed by atoms with Gasteiger partial charge in [-0.05, 0) is 97.1 Å². The Kier molecular flexibility index (Phi) is 6.44. The van der Waals surface area contributed by atoms with Gasteiger partial charge in [0.15, 0.2) is 11.5 Å². The molecule has 0 unspecified atom stereocenters. The quantitative estimate of drug-likeness (QED) is 0.304. The molecule has 1 saturated heterocycles. The third kappa shape index (κ3) is 3.88. The summed E-state index contributed by atoms with van der Waals surface area (Å²) >= 11 is 0. The molecule has 0 aliphatic carbocycles. The number of halogens is 1. The summed E-state index contributed by atoms with van der Waals surface area (Å²) in [7, 11) is 3.26. The van der Waals surface area contributed by atoms with E-state index >= 15 is 0 Å². The van der Waals surface area contributed by atoms with Gasteiger partial charge in [0.25, 0.3) is 0 Å². The number of rotatable bonds is 3. The van der Waals surface area contributed by atoms with Crippen LogP contribution >= 0.6 is 12.4 Å². The SMILES string of the molecule is COc1cc2c3c(c4ccc(OC(=O)C(C)(C)C)cc4c2cc1OC)[C@H](O)[C@@H]1CCCN1C3.Cl. The molecule has 2 aliphatic heterocycles. The largest absolute Gasteiger partial charge is 0.493 e. The average molecular weight is 486 g/mol. The highest BCUT2D eigenvalue weighted by molar-refractivity contribution is 6.12. The highest BCUT2D eigenvalue weighted by atomic mass is 35.5. The van der Waals surface area contributed by atoms with Crippen molar-refractivity contribution in [2.75, 3.05) is 20.8 Å². The van der Waals surface area contributed by atoms with E-state index in [-0.39, 0.29) is 24.4 Å². The molecule has 1 fully saturated rings. The van der Waals surface area contributed by atoms with Crippen molar-refractivity contribution >= 4 is 39.9 Å². The van der Waals surface area contributed by atoms with E-state index in [1.807, 2.05) is 51.1 Å². The lowest BCUT2D eigenvalue weighted by atomic mass is 9.83. The predicted octanol–water partition coefficient (Wildman–Crippen LogP) is 5.39. The fourth-order valence-electron chi connectivity index (χ4n) is 5.27. The standard InChI is InChI=1S/C27H31NO5.ClH/c1-27(2,3)26(30)33-15-8-9-16-17(11-15)18-12-22(31-4)23(32-5)13-19(18)20-14-28-10-6-7-21(28)25(29)24(16)20;/h8-9,11-13,21,25,29H,6-7,10,14H2,1-5H3;1H/t21-,25+;/m0./s1. The molecule has 2 atom stereocenters. The van der Waals surface area contributed by atoms with Crippen molar-refractivity contribution in [3.05, 3.63) is 41.5 Å². The maximum atomic E-state index is 12.5. The Bertz CT molecular complexity index is 1270. The molecule has 3 aromatic carbocycles. The number of hydrogen-bond acceptors (Lipinski definition) is 6. The number of carbonyl (C=O) groups excluding carboxylic acids is 1. The number of ether oxygens (including phenoxy) is 3. The number of nitrogens with zero attached hydrogens (tertiary/aromatic N) is 1. The summed E-state index contributed by atoms with van der Waals surface area (Å²) in [5.41, 5.74) is 1.50. The number of methoxy groups -OCH3 is 2. The van der Waals surface area contributed by atoms with Gasteiger partial charge in [-0.2, -0.15) is 0 Å². The van der Waals surface area contributed by atoms with Gasteiger partial charge >= 0.3 is 5.97 Å². The number of carbonyl (C=O) groups is 1. The van der Waals surface area contributed by atoms with E-state index in [1.54, 1.807) is 14.2 Å². The minimum atomic E-state index is -0.606. The second-order valence-electron chi connectivity index (χ2n) is 10.1. The summed E-state index contributed by atoms with van der Waals surface area (Å²) in [5.74, 6) is 1.50. The Hall–Kier alpha value is -2.54. The molecule has 0 spiro atoms. The normalized spacial score (nSPS) is 19.9. The topological polar surface area (TPSA) is 68.2 Å². The van der Waals surface area contributed by atoms with Crippen molar-refractivity contribution < 1.29 is 24.1 Å². The summed E-state index contributed by atoms with van der Waals surface area (Å²) in [4.78, 5) is 14.9. The number of fused-ring (bicyclic) bond motifs is 7. The van der Waals surface area contributed by atoms with E-state index in [9.17, 15) is 9.90 Å². The number of benzene rings is 3. The van der Waals surface area contributed by atoms with Crippen molar-refractivity contribution in [2.45, 2.75) is 52.3 Å². The van der Waals surface area contributed by atoms with Crippen LogP contribution in [0.25, 0.3) is 21.5 Å². The second kappa shape index (κ2) is 8.91. The van der Waals surface area contributed by atoms with Crippen molar-refractivity contribution in [3.8, 4) is 17.2 Å². The lowest BCUT2D eigenvalue weighted by Gasteiger charge is -2.37. The summed E-state index contributed by atoms with van der Waals surface area (Å²) < 4.78 is 16.9. The summed E-state index contributed by atoms with van der Waals surface area (Å²) in [5, 5.41) is 15.4. The molecule has 2 aliphatic rings.